The molecule has 0 amide bonds. The van der Waals surface area contributed by atoms with Crippen LogP contribution in [0.4, 0.5) is 0 Å². The maximum atomic E-state index is 6.03. The Bertz CT molecular complexity index is 1140. The number of benzene rings is 2. The van der Waals surface area contributed by atoms with E-state index in [1.54, 1.807) is 11.8 Å². The van der Waals surface area contributed by atoms with Crippen LogP contribution in [0.3, 0.4) is 0 Å². The minimum absolute atomic E-state index is 0.109. The molecule has 2 aromatic heterocycles. The molecule has 3 heterocycles. The van der Waals surface area contributed by atoms with Crippen molar-refractivity contribution >= 4 is 23.4 Å². The maximum Gasteiger partial charge on any atom is 0.280 e. The van der Waals surface area contributed by atoms with E-state index in [1.165, 1.54) is 4.90 Å². The fourth-order valence-corrected chi connectivity index (χ4v) is 3.77. The number of hydrogen-bond acceptors (Lipinski definition) is 7. The first-order valence-corrected chi connectivity index (χ1v) is 10.6. The van der Waals surface area contributed by atoms with Crippen molar-refractivity contribution in [2.24, 2.45) is 0 Å². The number of fused-ring (bicyclic) bond motifs is 1. The van der Waals surface area contributed by atoms with E-state index in [0.29, 0.717) is 35.6 Å². The van der Waals surface area contributed by atoms with E-state index >= 15 is 0 Å². The lowest BCUT2D eigenvalue weighted by Gasteiger charge is -2.24. The molecular weight excluding hydrogens is 410 g/mol. The average Bonchev–Trinajstić information content (AvgIpc) is 3.41. The number of thioether (sulfide) groups is 1. The van der Waals surface area contributed by atoms with Crippen molar-refractivity contribution in [1.82, 2.24) is 25.1 Å². The van der Waals surface area contributed by atoms with E-state index in [9.17, 15) is 0 Å². The summed E-state index contributed by atoms with van der Waals surface area (Å²) in [4.78, 5) is 5.68. The van der Waals surface area contributed by atoms with Gasteiger partial charge in [0.15, 0.2) is 5.69 Å². The Morgan fingerprint density at radius 1 is 1.10 bits per heavy atom. The molecule has 4 aromatic rings. The molecule has 0 radical (unpaired) electrons. The van der Waals surface area contributed by atoms with E-state index in [4.69, 9.17) is 20.9 Å². The fraction of sp³-hybridized carbons (Fsp3) is 0.200. The summed E-state index contributed by atoms with van der Waals surface area (Å²) >= 11 is 7.66. The third-order valence-corrected chi connectivity index (χ3v) is 5.81. The number of ether oxygens (including phenoxy) is 1. The van der Waals surface area contributed by atoms with Gasteiger partial charge in [-0.2, -0.15) is 4.98 Å². The number of nitrogens with zero attached hydrogens (tertiary/aromatic N) is 5. The molecule has 1 aliphatic heterocycles. The highest BCUT2D eigenvalue weighted by Crippen LogP contribution is 2.31. The zero-order chi connectivity index (χ0) is 19.8. The Labute approximate surface area is 176 Å². The molecule has 0 fully saturated rings. The Morgan fingerprint density at radius 3 is 2.66 bits per heavy atom. The standard InChI is InChI=1S/C20H16ClN5O2S/c1-29-15-8-4-13(5-9-15)19-22-20(28-24-19)18-16-11-27-17(10-26(16)25-23-18)12-2-6-14(21)7-3-12/h2-9,17H,10-11H2,1H3/t17-/m1/s1. The molecule has 0 unspecified atom stereocenters. The van der Waals surface area contributed by atoms with Gasteiger partial charge in [-0.25, -0.2) is 4.68 Å². The molecule has 0 spiro atoms. The number of hydrogen-bond donors (Lipinski definition) is 0. The Balaban J connectivity index is 1.39. The van der Waals surface area contributed by atoms with Crippen molar-refractivity contribution in [3.63, 3.8) is 0 Å². The van der Waals surface area contributed by atoms with E-state index in [2.05, 4.69) is 20.5 Å². The Hall–Kier alpha value is -2.68. The van der Waals surface area contributed by atoms with Gasteiger partial charge in [-0.1, -0.05) is 34.1 Å². The van der Waals surface area contributed by atoms with Gasteiger partial charge in [0, 0.05) is 15.5 Å². The van der Waals surface area contributed by atoms with Crippen LogP contribution < -0.4 is 0 Å². The lowest BCUT2D eigenvalue weighted by molar-refractivity contribution is -0.00117. The van der Waals surface area contributed by atoms with Gasteiger partial charge >= 0.3 is 0 Å². The molecule has 146 valence electrons. The highest BCUT2D eigenvalue weighted by atomic mass is 35.5. The van der Waals surface area contributed by atoms with Crippen LogP contribution in [0, 0.1) is 0 Å². The van der Waals surface area contributed by atoms with Crippen LogP contribution in [-0.2, 0) is 17.9 Å². The summed E-state index contributed by atoms with van der Waals surface area (Å²) in [6.07, 6.45) is 1.93. The van der Waals surface area contributed by atoms with Gasteiger partial charge in [-0.15, -0.1) is 16.9 Å². The predicted octanol–water partition coefficient (Wildman–Crippen LogP) is 4.64. The average molecular weight is 426 g/mol. The van der Waals surface area contributed by atoms with E-state index in [0.717, 1.165) is 16.8 Å². The molecule has 1 aliphatic rings. The summed E-state index contributed by atoms with van der Waals surface area (Å²) in [7, 11) is 0. The molecule has 0 bridgehead atoms. The van der Waals surface area contributed by atoms with Crippen molar-refractivity contribution in [1.29, 1.82) is 0 Å². The largest absolute Gasteiger partial charge is 0.365 e. The molecule has 29 heavy (non-hydrogen) atoms. The third-order valence-electron chi connectivity index (χ3n) is 4.82. The van der Waals surface area contributed by atoms with Gasteiger partial charge < -0.3 is 9.26 Å². The van der Waals surface area contributed by atoms with Crippen LogP contribution in [0.1, 0.15) is 17.4 Å². The van der Waals surface area contributed by atoms with Crippen LogP contribution in [-0.4, -0.2) is 31.4 Å². The minimum atomic E-state index is -0.109. The molecule has 0 N–H and O–H groups in total. The van der Waals surface area contributed by atoms with Gasteiger partial charge in [0.25, 0.3) is 5.89 Å². The summed E-state index contributed by atoms with van der Waals surface area (Å²) in [5.41, 5.74) is 3.31. The molecule has 1 atom stereocenters. The van der Waals surface area contributed by atoms with Crippen LogP contribution in [0.2, 0.25) is 5.02 Å². The molecule has 5 rings (SSSR count). The number of aromatic nitrogens is 5. The van der Waals surface area contributed by atoms with Gasteiger partial charge in [0.2, 0.25) is 5.82 Å². The quantitative estimate of drug-likeness (QED) is 0.440. The SMILES string of the molecule is CSc1ccc(-c2noc(-c3nnn4c3CO[C@@H](c3ccc(Cl)cc3)C4)n2)cc1. The number of rotatable bonds is 4. The second kappa shape index (κ2) is 7.62. The van der Waals surface area contributed by atoms with Crippen molar-refractivity contribution in [3.8, 4) is 23.0 Å². The maximum absolute atomic E-state index is 6.03. The lowest BCUT2D eigenvalue weighted by Crippen LogP contribution is -2.22. The van der Waals surface area contributed by atoms with E-state index in [-0.39, 0.29) is 6.10 Å². The van der Waals surface area contributed by atoms with Crippen LogP contribution in [0.15, 0.2) is 57.9 Å². The van der Waals surface area contributed by atoms with E-state index in [1.807, 2.05) is 59.5 Å². The molecule has 0 saturated heterocycles. The van der Waals surface area contributed by atoms with Crippen LogP contribution in [0.5, 0.6) is 0 Å². The normalized spacial score (nSPS) is 16.0. The molecule has 0 aliphatic carbocycles. The predicted molar refractivity (Wildman–Crippen MR) is 110 cm³/mol. The monoisotopic (exact) mass is 425 g/mol. The second-order valence-corrected chi connectivity index (χ2v) is 7.89. The zero-order valence-electron chi connectivity index (χ0n) is 15.4. The fourth-order valence-electron chi connectivity index (χ4n) is 3.23. The number of halogens is 1. The first-order chi connectivity index (χ1) is 14.2. The van der Waals surface area contributed by atoms with Gasteiger partial charge in [-0.05, 0) is 48.2 Å². The third kappa shape index (κ3) is 3.55. The smallest absolute Gasteiger partial charge is 0.280 e. The minimum Gasteiger partial charge on any atom is -0.365 e. The van der Waals surface area contributed by atoms with Gasteiger partial charge in [0.05, 0.1) is 18.8 Å². The van der Waals surface area contributed by atoms with Crippen molar-refractivity contribution in [2.75, 3.05) is 6.26 Å². The van der Waals surface area contributed by atoms with Gasteiger partial charge in [-0.3, -0.25) is 0 Å². The summed E-state index contributed by atoms with van der Waals surface area (Å²) < 4.78 is 13.3. The van der Waals surface area contributed by atoms with Crippen LogP contribution in [0.25, 0.3) is 23.0 Å². The first kappa shape index (κ1) is 18.4. The Morgan fingerprint density at radius 2 is 1.90 bits per heavy atom. The lowest BCUT2D eigenvalue weighted by atomic mass is 10.1. The molecule has 2 aromatic carbocycles. The van der Waals surface area contributed by atoms with Crippen molar-refractivity contribution in [3.05, 3.63) is 64.8 Å². The van der Waals surface area contributed by atoms with Crippen LogP contribution >= 0.6 is 23.4 Å². The van der Waals surface area contributed by atoms with Gasteiger partial charge in [0.1, 0.15) is 6.10 Å². The summed E-state index contributed by atoms with van der Waals surface area (Å²) in [5.74, 6) is 0.855. The molecule has 0 saturated carbocycles. The van der Waals surface area contributed by atoms with E-state index < -0.39 is 0 Å². The first-order valence-electron chi connectivity index (χ1n) is 8.99. The van der Waals surface area contributed by atoms with Crippen molar-refractivity contribution in [2.45, 2.75) is 24.2 Å². The Kier molecular flexibility index (Phi) is 4.83. The van der Waals surface area contributed by atoms with Crippen molar-refractivity contribution < 1.29 is 9.26 Å². The molecule has 9 heteroatoms. The second-order valence-electron chi connectivity index (χ2n) is 6.57. The highest BCUT2D eigenvalue weighted by molar-refractivity contribution is 7.98. The topological polar surface area (TPSA) is 78.9 Å². The highest BCUT2D eigenvalue weighted by Gasteiger charge is 2.28. The zero-order valence-corrected chi connectivity index (χ0v) is 17.0. The summed E-state index contributed by atoms with van der Waals surface area (Å²) in [6.45, 7) is 0.914. The summed E-state index contributed by atoms with van der Waals surface area (Å²) in [6, 6.07) is 15.6. The molecular formula is C20H16ClN5O2S. The summed E-state index contributed by atoms with van der Waals surface area (Å²) in [5, 5.41) is 13.3. The molecule has 7 nitrogen and oxygen atoms in total.